The van der Waals surface area contributed by atoms with E-state index in [4.69, 9.17) is 4.74 Å². The Hall–Kier alpha value is -1.31. The standard InChI is InChI=1S/C16H29N3O4S/c1-12(2)18-16(17-10-13-6-9-24(21,22)11-13)19-7-4-14(5-8-19)15(20)23-3/h12-14H,4-11H2,1-3H3,(H,17,18). The summed E-state index contributed by atoms with van der Waals surface area (Å²) in [5.74, 6) is 1.29. The first-order chi connectivity index (χ1) is 11.3. The molecule has 1 unspecified atom stereocenters. The number of esters is 1. The first-order valence-electron chi connectivity index (χ1n) is 8.65. The number of sulfone groups is 1. The highest BCUT2D eigenvalue weighted by atomic mass is 32.2. The van der Waals surface area contributed by atoms with Crippen molar-refractivity contribution in [1.29, 1.82) is 0 Å². The zero-order chi connectivity index (χ0) is 17.7. The Morgan fingerprint density at radius 2 is 1.96 bits per heavy atom. The summed E-state index contributed by atoms with van der Waals surface area (Å²) in [4.78, 5) is 18.5. The summed E-state index contributed by atoms with van der Waals surface area (Å²) in [6.45, 7) is 6.14. The number of carbonyl (C=O) groups is 1. The molecule has 1 N–H and O–H groups in total. The molecule has 0 spiro atoms. The number of methoxy groups -OCH3 is 1. The predicted molar refractivity (Wildman–Crippen MR) is 93.6 cm³/mol. The lowest BCUT2D eigenvalue weighted by Gasteiger charge is -2.34. The van der Waals surface area contributed by atoms with Crippen LogP contribution in [-0.4, -0.2) is 69.5 Å². The largest absolute Gasteiger partial charge is 0.469 e. The van der Waals surface area contributed by atoms with Crippen LogP contribution in [0.5, 0.6) is 0 Å². The summed E-state index contributed by atoms with van der Waals surface area (Å²) < 4.78 is 28.0. The maximum Gasteiger partial charge on any atom is 0.308 e. The number of piperidine rings is 1. The molecule has 2 rings (SSSR count). The molecule has 0 aromatic heterocycles. The van der Waals surface area contributed by atoms with Crippen LogP contribution in [0.3, 0.4) is 0 Å². The lowest BCUT2D eigenvalue weighted by atomic mass is 9.97. The van der Waals surface area contributed by atoms with Gasteiger partial charge in [0.05, 0.1) is 24.5 Å². The van der Waals surface area contributed by atoms with Crippen molar-refractivity contribution in [1.82, 2.24) is 10.2 Å². The van der Waals surface area contributed by atoms with Gasteiger partial charge in [0.1, 0.15) is 0 Å². The Morgan fingerprint density at radius 3 is 2.46 bits per heavy atom. The van der Waals surface area contributed by atoms with Crippen LogP contribution < -0.4 is 5.32 Å². The van der Waals surface area contributed by atoms with Gasteiger partial charge in [0.25, 0.3) is 0 Å². The third kappa shape index (κ3) is 5.36. The van der Waals surface area contributed by atoms with E-state index in [9.17, 15) is 13.2 Å². The number of hydrogen-bond acceptors (Lipinski definition) is 5. The second kappa shape index (κ2) is 8.18. The molecule has 0 radical (unpaired) electrons. The van der Waals surface area contributed by atoms with Gasteiger partial charge in [-0.05, 0) is 39.0 Å². The van der Waals surface area contributed by atoms with Gasteiger partial charge in [-0.15, -0.1) is 0 Å². The number of aliphatic imine (C=N–C) groups is 1. The number of rotatable bonds is 4. The zero-order valence-corrected chi connectivity index (χ0v) is 15.6. The van der Waals surface area contributed by atoms with E-state index in [0.717, 1.165) is 31.9 Å². The molecule has 2 fully saturated rings. The quantitative estimate of drug-likeness (QED) is 0.451. The van der Waals surface area contributed by atoms with Crippen LogP contribution in [0, 0.1) is 11.8 Å². The lowest BCUT2D eigenvalue weighted by Crippen LogP contribution is -2.48. The molecule has 0 saturated carbocycles. The molecule has 138 valence electrons. The third-order valence-electron chi connectivity index (χ3n) is 4.57. The molecular formula is C16H29N3O4S. The monoisotopic (exact) mass is 359 g/mol. The smallest absolute Gasteiger partial charge is 0.308 e. The van der Waals surface area contributed by atoms with Gasteiger partial charge in [0, 0.05) is 25.7 Å². The van der Waals surface area contributed by atoms with E-state index in [-0.39, 0.29) is 35.4 Å². The van der Waals surface area contributed by atoms with E-state index in [1.165, 1.54) is 7.11 Å². The van der Waals surface area contributed by atoms with Crippen molar-refractivity contribution in [3.8, 4) is 0 Å². The third-order valence-corrected chi connectivity index (χ3v) is 6.41. The van der Waals surface area contributed by atoms with Crippen molar-refractivity contribution in [3.63, 3.8) is 0 Å². The second-order valence-corrected chi connectivity index (χ2v) is 9.25. The molecule has 2 saturated heterocycles. The summed E-state index contributed by atoms with van der Waals surface area (Å²) in [5.41, 5.74) is 0. The van der Waals surface area contributed by atoms with Crippen molar-refractivity contribution in [2.45, 2.75) is 39.2 Å². The molecule has 8 heteroatoms. The molecule has 0 aromatic rings. The number of likely N-dealkylation sites (tertiary alicyclic amines) is 1. The Balaban J connectivity index is 1.96. The Kier molecular flexibility index (Phi) is 6.48. The van der Waals surface area contributed by atoms with E-state index in [2.05, 4.69) is 29.1 Å². The molecule has 1 atom stereocenters. The second-order valence-electron chi connectivity index (χ2n) is 7.02. The number of nitrogens with zero attached hydrogens (tertiary/aromatic N) is 2. The Morgan fingerprint density at radius 1 is 1.29 bits per heavy atom. The molecular weight excluding hydrogens is 330 g/mol. The summed E-state index contributed by atoms with van der Waals surface area (Å²) in [7, 11) is -1.44. The van der Waals surface area contributed by atoms with E-state index in [1.54, 1.807) is 0 Å². The number of nitrogens with one attached hydrogen (secondary N) is 1. The minimum Gasteiger partial charge on any atom is -0.469 e. The van der Waals surface area contributed by atoms with Crippen LogP contribution in [0.4, 0.5) is 0 Å². The fourth-order valence-electron chi connectivity index (χ4n) is 3.22. The first-order valence-corrected chi connectivity index (χ1v) is 10.5. The lowest BCUT2D eigenvalue weighted by molar-refractivity contribution is -0.146. The molecule has 2 aliphatic rings. The Labute approximate surface area is 144 Å². The molecule has 2 aliphatic heterocycles. The normalized spacial score (nSPS) is 25.1. The van der Waals surface area contributed by atoms with Crippen LogP contribution >= 0.6 is 0 Å². The van der Waals surface area contributed by atoms with Crippen molar-refractivity contribution in [2.24, 2.45) is 16.8 Å². The van der Waals surface area contributed by atoms with Gasteiger partial charge in [0.15, 0.2) is 15.8 Å². The molecule has 0 bridgehead atoms. The number of guanidine groups is 1. The number of ether oxygens (including phenoxy) is 1. The van der Waals surface area contributed by atoms with Gasteiger partial charge < -0.3 is 15.0 Å². The molecule has 0 aromatic carbocycles. The summed E-state index contributed by atoms with van der Waals surface area (Å²) >= 11 is 0. The van der Waals surface area contributed by atoms with E-state index >= 15 is 0 Å². The first kappa shape index (κ1) is 19.0. The van der Waals surface area contributed by atoms with E-state index < -0.39 is 9.84 Å². The molecule has 24 heavy (non-hydrogen) atoms. The van der Waals surface area contributed by atoms with Crippen LogP contribution in [0.2, 0.25) is 0 Å². The predicted octanol–water partition coefficient (Wildman–Crippen LogP) is 0.660. The van der Waals surface area contributed by atoms with Gasteiger partial charge in [0.2, 0.25) is 0 Å². The van der Waals surface area contributed by atoms with Crippen molar-refractivity contribution >= 4 is 21.8 Å². The van der Waals surface area contributed by atoms with Crippen LogP contribution in [0.25, 0.3) is 0 Å². The highest BCUT2D eigenvalue weighted by Gasteiger charge is 2.29. The minimum atomic E-state index is -2.87. The van der Waals surface area contributed by atoms with Crippen LogP contribution in [0.15, 0.2) is 4.99 Å². The average Bonchev–Trinajstić information content (AvgIpc) is 2.89. The summed E-state index contributed by atoms with van der Waals surface area (Å²) in [5, 5.41) is 3.36. The fourth-order valence-corrected chi connectivity index (χ4v) is 5.07. The average molecular weight is 359 g/mol. The summed E-state index contributed by atoms with van der Waals surface area (Å²) in [6, 6.07) is 0.245. The molecule has 7 nitrogen and oxygen atoms in total. The maximum atomic E-state index is 11.6. The van der Waals surface area contributed by atoms with Crippen LogP contribution in [0.1, 0.15) is 33.1 Å². The van der Waals surface area contributed by atoms with Crippen molar-refractivity contribution in [3.05, 3.63) is 0 Å². The van der Waals surface area contributed by atoms with Crippen molar-refractivity contribution in [2.75, 3.05) is 38.2 Å². The van der Waals surface area contributed by atoms with E-state index in [0.29, 0.717) is 13.0 Å². The molecule has 2 heterocycles. The summed E-state index contributed by atoms with van der Waals surface area (Å²) in [6.07, 6.45) is 2.21. The maximum absolute atomic E-state index is 11.6. The van der Waals surface area contributed by atoms with E-state index in [1.807, 2.05) is 0 Å². The minimum absolute atomic E-state index is 0.0356. The number of hydrogen-bond donors (Lipinski definition) is 1. The number of carbonyl (C=O) groups excluding carboxylic acids is 1. The van der Waals surface area contributed by atoms with Gasteiger partial charge in [-0.25, -0.2) is 8.42 Å². The SMILES string of the molecule is COC(=O)C1CCN(C(=NCC2CCS(=O)(=O)C2)NC(C)C)CC1. The molecule has 0 aliphatic carbocycles. The van der Waals surface area contributed by atoms with Gasteiger partial charge in [-0.2, -0.15) is 0 Å². The fraction of sp³-hybridized carbons (Fsp3) is 0.875. The topological polar surface area (TPSA) is 88.1 Å². The van der Waals surface area contributed by atoms with Crippen molar-refractivity contribution < 1.29 is 17.9 Å². The Bertz CT molecular complexity index is 566. The zero-order valence-electron chi connectivity index (χ0n) is 14.8. The van der Waals surface area contributed by atoms with Gasteiger partial charge in [-0.1, -0.05) is 0 Å². The van der Waals surface area contributed by atoms with Gasteiger partial charge in [-0.3, -0.25) is 9.79 Å². The van der Waals surface area contributed by atoms with Gasteiger partial charge >= 0.3 is 5.97 Å². The highest BCUT2D eigenvalue weighted by molar-refractivity contribution is 7.91. The highest BCUT2D eigenvalue weighted by Crippen LogP contribution is 2.20. The van der Waals surface area contributed by atoms with Crippen LogP contribution in [-0.2, 0) is 19.4 Å². The molecule has 0 amide bonds.